The summed E-state index contributed by atoms with van der Waals surface area (Å²) in [5.41, 5.74) is 6.33. The van der Waals surface area contributed by atoms with Crippen LogP contribution in [0.5, 0.6) is 23.0 Å². The first-order valence-corrected chi connectivity index (χ1v) is 9.67. The second-order valence-electron chi connectivity index (χ2n) is 6.33. The zero-order valence-corrected chi connectivity index (χ0v) is 17.6. The van der Waals surface area contributed by atoms with Crippen molar-refractivity contribution in [2.24, 2.45) is 5.73 Å². The highest BCUT2D eigenvalue weighted by Gasteiger charge is 2.20. The van der Waals surface area contributed by atoms with E-state index in [0.717, 1.165) is 10.0 Å². The van der Waals surface area contributed by atoms with Crippen LogP contribution in [0.2, 0.25) is 0 Å². The Morgan fingerprint density at radius 3 is 2.52 bits per heavy atom. The maximum atomic E-state index is 12.7. The normalized spacial score (nSPS) is 13.3. The number of amides is 2. The number of fused-ring (bicyclic) bond motifs is 1. The van der Waals surface area contributed by atoms with Gasteiger partial charge in [0.05, 0.1) is 13.2 Å². The van der Waals surface area contributed by atoms with Crippen molar-refractivity contribution in [3.8, 4) is 23.0 Å². The van der Waals surface area contributed by atoms with E-state index < -0.39 is 5.91 Å². The Morgan fingerprint density at radius 2 is 1.86 bits per heavy atom. The Morgan fingerprint density at radius 1 is 1.17 bits per heavy atom. The Bertz CT molecular complexity index is 933. The third-order valence-electron chi connectivity index (χ3n) is 4.27. The third kappa shape index (κ3) is 4.92. The SMILES string of the molecule is COc1cc(C(=O)NC(C)c2cc3c(cc2Br)OCCO3)ccc1OCC(N)=O. The first kappa shape index (κ1) is 20.8. The predicted molar refractivity (Wildman–Crippen MR) is 109 cm³/mol. The van der Waals surface area contributed by atoms with Gasteiger partial charge in [0.1, 0.15) is 13.2 Å². The van der Waals surface area contributed by atoms with E-state index in [2.05, 4.69) is 21.2 Å². The summed E-state index contributed by atoms with van der Waals surface area (Å²) in [6.07, 6.45) is 0. The van der Waals surface area contributed by atoms with Crippen LogP contribution in [0.25, 0.3) is 0 Å². The Hall–Kier alpha value is -2.94. The highest BCUT2D eigenvalue weighted by Crippen LogP contribution is 2.38. The Balaban J connectivity index is 1.75. The first-order chi connectivity index (χ1) is 13.9. The zero-order valence-electron chi connectivity index (χ0n) is 16.0. The van der Waals surface area contributed by atoms with E-state index >= 15 is 0 Å². The van der Waals surface area contributed by atoms with Gasteiger partial charge in [0, 0.05) is 10.0 Å². The molecule has 0 saturated carbocycles. The minimum absolute atomic E-state index is 0.281. The number of hydrogen-bond acceptors (Lipinski definition) is 6. The molecule has 0 aliphatic carbocycles. The van der Waals surface area contributed by atoms with Crippen molar-refractivity contribution >= 4 is 27.7 Å². The highest BCUT2D eigenvalue weighted by atomic mass is 79.9. The number of rotatable bonds is 7. The maximum Gasteiger partial charge on any atom is 0.255 e. The van der Waals surface area contributed by atoms with Crippen molar-refractivity contribution in [1.29, 1.82) is 0 Å². The quantitative estimate of drug-likeness (QED) is 0.651. The van der Waals surface area contributed by atoms with E-state index in [0.29, 0.717) is 41.8 Å². The molecule has 3 N–H and O–H groups in total. The van der Waals surface area contributed by atoms with Gasteiger partial charge in [0.2, 0.25) is 0 Å². The van der Waals surface area contributed by atoms with Crippen LogP contribution in [-0.2, 0) is 4.79 Å². The monoisotopic (exact) mass is 464 g/mol. The van der Waals surface area contributed by atoms with E-state index in [-0.39, 0.29) is 18.6 Å². The fraction of sp³-hybridized carbons (Fsp3) is 0.300. The summed E-state index contributed by atoms with van der Waals surface area (Å²) in [6, 6.07) is 8.06. The summed E-state index contributed by atoms with van der Waals surface area (Å²) in [5, 5.41) is 2.95. The molecule has 1 unspecified atom stereocenters. The topological polar surface area (TPSA) is 109 Å². The van der Waals surface area contributed by atoms with E-state index in [9.17, 15) is 9.59 Å². The van der Waals surface area contributed by atoms with Gasteiger partial charge in [0.15, 0.2) is 29.6 Å². The van der Waals surface area contributed by atoms with Crippen molar-refractivity contribution in [1.82, 2.24) is 5.32 Å². The van der Waals surface area contributed by atoms with E-state index in [4.69, 9.17) is 24.7 Å². The molecule has 1 heterocycles. The smallest absolute Gasteiger partial charge is 0.255 e. The number of nitrogens with two attached hydrogens (primary N) is 1. The van der Waals surface area contributed by atoms with Gasteiger partial charge in [-0.3, -0.25) is 9.59 Å². The molecule has 154 valence electrons. The van der Waals surface area contributed by atoms with Gasteiger partial charge in [-0.1, -0.05) is 15.9 Å². The maximum absolute atomic E-state index is 12.7. The minimum atomic E-state index is -0.604. The molecule has 1 atom stereocenters. The van der Waals surface area contributed by atoms with Gasteiger partial charge in [-0.25, -0.2) is 0 Å². The van der Waals surface area contributed by atoms with Gasteiger partial charge in [-0.05, 0) is 42.8 Å². The van der Waals surface area contributed by atoms with Crippen molar-refractivity contribution in [2.45, 2.75) is 13.0 Å². The summed E-state index contributed by atoms with van der Waals surface area (Å²) in [6.45, 7) is 2.58. The molecular formula is C20H21BrN2O6. The number of halogens is 1. The summed E-state index contributed by atoms with van der Waals surface area (Å²) >= 11 is 3.52. The molecule has 0 spiro atoms. The van der Waals surface area contributed by atoms with Gasteiger partial charge in [0.25, 0.3) is 11.8 Å². The molecular weight excluding hydrogens is 444 g/mol. The lowest BCUT2D eigenvalue weighted by atomic mass is 10.1. The molecule has 9 heteroatoms. The Labute approximate surface area is 176 Å². The molecule has 2 amide bonds. The molecule has 29 heavy (non-hydrogen) atoms. The van der Waals surface area contributed by atoms with E-state index in [1.165, 1.54) is 13.2 Å². The van der Waals surface area contributed by atoms with Gasteiger partial charge in [-0.15, -0.1) is 0 Å². The molecule has 2 aromatic carbocycles. The summed E-state index contributed by atoms with van der Waals surface area (Å²) in [5.74, 6) is 1.07. The fourth-order valence-corrected chi connectivity index (χ4v) is 3.51. The third-order valence-corrected chi connectivity index (χ3v) is 4.96. The van der Waals surface area contributed by atoms with Crippen LogP contribution < -0.4 is 30.0 Å². The molecule has 0 fully saturated rings. The van der Waals surface area contributed by atoms with Gasteiger partial charge < -0.3 is 30.0 Å². The van der Waals surface area contributed by atoms with Gasteiger partial charge >= 0.3 is 0 Å². The number of nitrogens with one attached hydrogen (secondary N) is 1. The first-order valence-electron chi connectivity index (χ1n) is 8.88. The van der Waals surface area contributed by atoms with Crippen LogP contribution in [0.1, 0.15) is 28.9 Å². The molecule has 1 aliphatic heterocycles. The number of ether oxygens (including phenoxy) is 4. The standard InChI is InChI=1S/C20H21BrN2O6/c1-11(13-8-17-18(9-14(13)21)28-6-5-27-17)23-20(25)12-3-4-15(16(7-12)26-2)29-10-19(22)24/h3-4,7-9,11H,5-6,10H2,1-2H3,(H2,22,24)(H,23,25). The molecule has 0 bridgehead atoms. The average Bonchev–Trinajstić information content (AvgIpc) is 2.71. The zero-order chi connectivity index (χ0) is 21.0. The largest absolute Gasteiger partial charge is 0.493 e. The van der Waals surface area contributed by atoms with E-state index in [1.807, 2.05) is 19.1 Å². The lowest BCUT2D eigenvalue weighted by Crippen LogP contribution is -2.27. The number of primary amides is 1. The second kappa shape index (κ2) is 9.04. The Kier molecular flexibility index (Phi) is 6.48. The highest BCUT2D eigenvalue weighted by molar-refractivity contribution is 9.10. The van der Waals surface area contributed by atoms with Crippen molar-refractivity contribution in [3.63, 3.8) is 0 Å². The van der Waals surface area contributed by atoms with Crippen molar-refractivity contribution in [3.05, 3.63) is 45.9 Å². The number of methoxy groups -OCH3 is 1. The molecule has 0 radical (unpaired) electrons. The lowest BCUT2D eigenvalue weighted by molar-refractivity contribution is -0.119. The molecule has 3 rings (SSSR count). The van der Waals surface area contributed by atoms with Crippen LogP contribution in [0.4, 0.5) is 0 Å². The average molecular weight is 465 g/mol. The van der Waals surface area contributed by atoms with Crippen LogP contribution in [0.3, 0.4) is 0 Å². The number of carbonyl (C=O) groups is 2. The minimum Gasteiger partial charge on any atom is -0.493 e. The van der Waals surface area contributed by atoms with Gasteiger partial charge in [-0.2, -0.15) is 0 Å². The summed E-state index contributed by atoms with van der Waals surface area (Å²) in [4.78, 5) is 23.6. The van der Waals surface area contributed by atoms with Crippen molar-refractivity contribution < 1.29 is 28.5 Å². The molecule has 8 nitrogen and oxygen atoms in total. The van der Waals surface area contributed by atoms with E-state index in [1.54, 1.807) is 12.1 Å². The number of benzene rings is 2. The van der Waals surface area contributed by atoms with Crippen LogP contribution >= 0.6 is 15.9 Å². The van der Waals surface area contributed by atoms with Crippen LogP contribution in [0.15, 0.2) is 34.8 Å². The van der Waals surface area contributed by atoms with Crippen molar-refractivity contribution in [2.75, 3.05) is 26.9 Å². The fourth-order valence-electron chi connectivity index (χ4n) is 2.85. The molecule has 1 aliphatic rings. The number of hydrogen-bond donors (Lipinski definition) is 2. The predicted octanol–water partition coefficient (Wildman–Crippen LogP) is 2.58. The lowest BCUT2D eigenvalue weighted by Gasteiger charge is -2.22. The summed E-state index contributed by atoms with van der Waals surface area (Å²) in [7, 11) is 1.45. The summed E-state index contributed by atoms with van der Waals surface area (Å²) < 4.78 is 22.5. The van der Waals surface area contributed by atoms with Crippen LogP contribution in [-0.4, -0.2) is 38.7 Å². The second-order valence-corrected chi connectivity index (χ2v) is 7.19. The van der Waals surface area contributed by atoms with Crippen LogP contribution in [0, 0.1) is 0 Å². The molecule has 0 aromatic heterocycles. The molecule has 2 aromatic rings. The number of carbonyl (C=O) groups excluding carboxylic acids is 2. The molecule has 0 saturated heterocycles.